The quantitative estimate of drug-likeness (QED) is 0.900. The molecule has 0 amide bonds. The van der Waals surface area contributed by atoms with Crippen LogP contribution in [0.25, 0.3) is 0 Å². The van der Waals surface area contributed by atoms with Gasteiger partial charge in [0.25, 0.3) is 0 Å². The maximum Gasteiger partial charge on any atom is 0.237 e. The summed E-state index contributed by atoms with van der Waals surface area (Å²) in [5.41, 5.74) is 0.837. The van der Waals surface area contributed by atoms with E-state index in [9.17, 15) is 0 Å². The molecule has 0 aromatic carbocycles. The second-order valence-electron chi connectivity index (χ2n) is 3.89. The maximum atomic E-state index is 5.29. The molecule has 0 bridgehead atoms. The van der Waals surface area contributed by atoms with Crippen LogP contribution >= 0.6 is 11.3 Å². The van der Waals surface area contributed by atoms with Gasteiger partial charge in [0.15, 0.2) is 0 Å². The van der Waals surface area contributed by atoms with Gasteiger partial charge in [-0.05, 0) is 25.6 Å². The molecule has 2 heterocycles. The van der Waals surface area contributed by atoms with Crippen LogP contribution in [-0.2, 0) is 0 Å². The molecular weight excluding hydrogens is 246 g/mol. The van der Waals surface area contributed by atoms with E-state index in [-0.39, 0.29) is 6.04 Å². The molecule has 2 rings (SSSR count). The third-order valence-electron chi connectivity index (χ3n) is 2.61. The van der Waals surface area contributed by atoms with E-state index >= 15 is 0 Å². The summed E-state index contributed by atoms with van der Waals surface area (Å²) in [5.74, 6) is 0.578. The van der Waals surface area contributed by atoms with E-state index in [1.807, 2.05) is 0 Å². The largest absolute Gasteiger partial charge is 0.480 e. The Morgan fingerprint density at radius 1 is 1.33 bits per heavy atom. The van der Waals surface area contributed by atoms with Crippen molar-refractivity contribution < 1.29 is 4.74 Å². The van der Waals surface area contributed by atoms with Crippen molar-refractivity contribution in [2.45, 2.75) is 19.9 Å². The SMILES string of the molecule is CCNC(c1ccc(C)s1)c1nccnc1OC. The number of nitrogens with zero attached hydrogens (tertiary/aromatic N) is 2. The molecule has 0 aliphatic heterocycles. The predicted octanol–water partition coefficient (Wildman–Crippen LogP) is 2.55. The van der Waals surface area contributed by atoms with Crippen LogP contribution in [0.2, 0.25) is 0 Å². The molecule has 1 N–H and O–H groups in total. The molecule has 5 heteroatoms. The van der Waals surface area contributed by atoms with Crippen molar-refractivity contribution in [3.05, 3.63) is 40.0 Å². The summed E-state index contributed by atoms with van der Waals surface area (Å²) in [5, 5.41) is 3.43. The fourth-order valence-corrected chi connectivity index (χ4v) is 2.79. The molecule has 4 nitrogen and oxygen atoms in total. The van der Waals surface area contributed by atoms with Gasteiger partial charge in [-0.3, -0.25) is 4.98 Å². The predicted molar refractivity (Wildman–Crippen MR) is 73.2 cm³/mol. The molecule has 0 aliphatic carbocycles. The van der Waals surface area contributed by atoms with Crippen LogP contribution < -0.4 is 10.1 Å². The lowest BCUT2D eigenvalue weighted by atomic mass is 10.1. The van der Waals surface area contributed by atoms with Crippen molar-refractivity contribution in [1.29, 1.82) is 0 Å². The highest BCUT2D eigenvalue weighted by atomic mass is 32.1. The number of hydrogen-bond acceptors (Lipinski definition) is 5. The Morgan fingerprint density at radius 2 is 2.11 bits per heavy atom. The number of hydrogen-bond donors (Lipinski definition) is 1. The smallest absolute Gasteiger partial charge is 0.237 e. The van der Waals surface area contributed by atoms with Gasteiger partial charge in [0.1, 0.15) is 5.69 Å². The Bertz CT molecular complexity index is 512. The number of ether oxygens (including phenoxy) is 1. The lowest BCUT2D eigenvalue weighted by Crippen LogP contribution is -2.23. The van der Waals surface area contributed by atoms with Crippen LogP contribution in [0.1, 0.15) is 28.4 Å². The molecule has 0 saturated carbocycles. The normalized spacial score (nSPS) is 12.4. The lowest BCUT2D eigenvalue weighted by Gasteiger charge is -2.17. The molecule has 1 atom stereocenters. The van der Waals surface area contributed by atoms with Gasteiger partial charge in [-0.2, -0.15) is 0 Å². The zero-order valence-electron chi connectivity index (χ0n) is 10.8. The number of aryl methyl sites for hydroxylation is 1. The molecule has 96 valence electrons. The molecule has 2 aromatic rings. The van der Waals surface area contributed by atoms with Gasteiger partial charge >= 0.3 is 0 Å². The second-order valence-corrected chi connectivity index (χ2v) is 5.21. The Hall–Kier alpha value is -1.46. The molecular formula is C13H17N3OS. The average Bonchev–Trinajstić information content (AvgIpc) is 2.82. The van der Waals surface area contributed by atoms with Crippen molar-refractivity contribution in [1.82, 2.24) is 15.3 Å². The van der Waals surface area contributed by atoms with Gasteiger partial charge in [0.2, 0.25) is 5.88 Å². The van der Waals surface area contributed by atoms with Crippen molar-refractivity contribution in [2.75, 3.05) is 13.7 Å². The van der Waals surface area contributed by atoms with Crippen molar-refractivity contribution in [2.24, 2.45) is 0 Å². The van der Waals surface area contributed by atoms with Gasteiger partial charge in [0.05, 0.1) is 13.2 Å². The first-order chi connectivity index (χ1) is 8.76. The number of methoxy groups -OCH3 is 1. The summed E-state index contributed by atoms with van der Waals surface area (Å²) in [6.45, 7) is 5.04. The Morgan fingerprint density at radius 3 is 2.72 bits per heavy atom. The summed E-state index contributed by atoms with van der Waals surface area (Å²) < 4.78 is 5.29. The van der Waals surface area contributed by atoms with Gasteiger partial charge in [-0.15, -0.1) is 11.3 Å². The summed E-state index contributed by atoms with van der Waals surface area (Å²) in [6, 6.07) is 4.28. The van der Waals surface area contributed by atoms with Crippen LogP contribution in [0.4, 0.5) is 0 Å². The van der Waals surface area contributed by atoms with Gasteiger partial charge < -0.3 is 10.1 Å². The highest BCUT2D eigenvalue weighted by molar-refractivity contribution is 7.12. The standard InChI is InChI=1S/C13H17N3OS/c1-4-14-11(10-6-5-9(2)18-10)12-13(17-3)16-8-7-15-12/h5-8,11,14H,4H2,1-3H3. The van der Waals surface area contributed by atoms with Gasteiger partial charge in [0, 0.05) is 22.1 Å². The van der Waals surface area contributed by atoms with Gasteiger partial charge in [-0.25, -0.2) is 4.98 Å². The Balaban J connectivity index is 2.41. The van der Waals surface area contributed by atoms with E-state index in [1.54, 1.807) is 30.8 Å². The average molecular weight is 263 g/mol. The van der Waals surface area contributed by atoms with Crippen LogP contribution in [0.15, 0.2) is 24.5 Å². The third kappa shape index (κ3) is 2.68. The summed E-state index contributed by atoms with van der Waals surface area (Å²) in [6.07, 6.45) is 3.34. The Kier molecular flexibility index (Phi) is 4.28. The highest BCUT2D eigenvalue weighted by Gasteiger charge is 2.20. The number of aromatic nitrogens is 2. The van der Waals surface area contributed by atoms with Crippen molar-refractivity contribution >= 4 is 11.3 Å². The third-order valence-corrected chi connectivity index (χ3v) is 3.68. The number of rotatable bonds is 5. The molecule has 0 radical (unpaired) electrons. The van der Waals surface area contributed by atoms with Crippen LogP contribution in [0.5, 0.6) is 5.88 Å². The summed E-state index contributed by atoms with van der Waals surface area (Å²) in [7, 11) is 1.62. The Labute approximate surface area is 111 Å². The monoisotopic (exact) mass is 263 g/mol. The lowest BCUT2D eigenvalue weighted by molar-refractivity contribution is 0.383. The molecule has 0 fully saturated rings. The van der Waals surface area contributed by atoms with E-state index in [4.69, 9.17) is 4.74 Å². The molecule has 0 saturated heterocycles. The second kappa shape index (κ2) is 5.93. The van der Waals surface area contributed by atoms with Crippen molar-refractivity contribution in [3.8, 4) is 5.88 Å². The minimum absolute atomic E-state index is 0.0392. The number of nitrogens with one attached hydrogen (secondary N) is 1. The molecule has 1 unspecified atom stereocenters. The summed E-state index contributed by atoms with van der Waals surface area (Å²) >= 11 is 1.76. The topological polar surface area (TPSA) is 47.0 Å². The van der Waals surface area contributed by atoms with E-state index in [0.29, 0.717) is 5.88 Å². The first-order valence-corrected chi connectivity index (χ1v) is 6.72. The zero-order valence-corrected chi connectivity index (χ0v) is 11.6. The molecule has 0 spiro atoms. The fourth-order valence-electron chi connectivity index (χ4n) is 1.84. The molecule has 0 aliphatic rings. The molecule has 2 aromatic heterocycles. The fraction of sp³-hybridized carbons (Fsp3) is 0.385. The van der Waals surface area contributed by atoms with E-state index in [0.717, 1.165) is 12.2 Å². The number of thiophene rings is 1. The van der Waals surface area contributed by atoms with Crippen molar-refractivity contribution in [3.63, 3.8) is 0 Å². The zero-order chi connectivity index (χ0) is 13.0. The van der Waals surface area contributed by atoms with Crippen LogP contribution in [-0.4, -0.2) is 23.6 Å². The van der Waals surface area contributed by atoms with Crippen LogP contribution in [0, 0.1) is 6.92 Å². The van der Waals surface area contributed by atoms with Gasteiger partial charge in [-0.1, -0.05) is 6.92 Å². The van der Waals surface area contributed by atoms with Crippen LogP contribution in [0.3, 0.4) is 0 Å². The van der Waals surface area contributed by atoms with E-state index in [1.165, 1.54) is 9.75 Å². The molecule has 18 heavy (non-hydrogen) atoms. The van der Waals surface area contributed by atoms with E-state index < -0.39 is 0 Å². The summed E-state index contributed by atoms with van der Waals surface area (Å²) in [4.78, 5) is 11.1. The van der Waals surface area contributed by atoms with E-state index in [2.05, 4.69) is 41.3 Å². The maximum absolute atomic E-state index is 5.29. The minimum atomic E-state index is 0.0392. The first kappa shape index (κ1) is 13.0. The first-order valence-electron chi connectivity index (χ1n) is 5.90. The minimum Gasteiger partial charge on any atom is -0.480 e. The highest BCUT2D eigenvalue weighted by Crippen LogP contribution is 2.30.